The summed E-state index contributed by atoms with van der Waals surface area (Å²) in [6.45, 7) is 4.28. The van der Waals surface area contributed by atoms with E-state index < -0.39 is 5.60 Å². The molecule has 0 saturated heterocycles. The fraction of sp³-hybridized carbons (Fsp3) is 0.500. The van der Waals surface area contributed by atoms with Crippen molar-refractivity contribution in [2.45, 2.75) is 32.3 Å². The lowest BCUT2D eigenvalue weighted by atomic mass is 9.99. The first-order valence-electron chi connectivity index (χ1n) is 5.20. The lowest BCUT2D eigenvalue weighted by Crippen LogP contribution is -2.34. The van der Waals surface area contributed by atoms with Gasteiger partial charge < -0.3 is 9.84 Å². The van der Waals surface area contributed by atoms with Crippen molar-refractivity contribution in [3.8, 4) is 5.75 Å². The fourth-order valence-corrected chi connectivity index (χ4v) is 1.47. The summed E-state index contributed by atoms with van der Waals surface area (Å²) in [6.07, 6.45) is 1.42. The smallest absolute Gasteiger partial charge is 0.119 e. The van der Waals surface area contributed by atoms with Gasteiger partial charge in [0, 0.05) is 4.47 Å². The van der Waals surface area contributed by atoms with Gasteiger partial charge in [0.15, 0.2) is 0 Å². The van der Waals surface area contributed by atoms with Crippen molar-refractivity contribution < 1.29 is 9.84 Å². The minimum absolute atomic E-state index is 0.349. The van der Waals surface area contributed by atoms with Gasteiger partial charge in [0.2, 0.25) is 0 Å². The van der Waals surface area contributed by atoms with Crippen molar-refractivity contribution in [2.24, 2.45) is 0 Å². The minimum Gasteiger partial charge on any atom is -0.491 e. The fourth-order valence-electron chi connectivity index (χ4n) is 1.20. The molecule has 1 aromatic rings. The summed E-state index contributed by atoms with van der Waals surface area (Å²) in [5.74, 6) is 0.790. The first kappa shape index (κ1) is 12.5. The van der Waals surface area contributed by atoms with Crippen LogP contribution in [-0.4, -0.2) is 17.3 Å². The number of hydrogen-bond donors (Lipinski definition) is 1. The monoisotopic (exact) mass is 272 g/mol. The SMILES string of the molecule is CCC(O)(CC)COc1ccc(Br)cc1. The zero-order chi connectivity index (χ0) is 11.3. The quantitative estimate of drug-likeness (QED) is 0.891. The molecule has 1 aromatic carbocycles. The Labute approximate surface area is 99.4 Å². The van der Waals surface area contributed by atoms with Crippen LogP contribution in [0.25, 0.3) is 0 Å². The summed E-state index contributed by atoms with van der Waals surface area (Å²) < 4.78 is 6.56. The van der Waals surface area contributed by atoms with Gasteiger partial charge in [0.05, 0.1) is 5.60 Å². The minimum atomic E-state index is -0.701. The van der Waals surface area contributed by atoms with E-state index >= 15 is 0 Å². The maximum atomic E-state index is 10.0. The van der Waals surface area contributed by atoms with Crippen LogP contribution >= 0.6 is 15.9 Å². The molecule has 2 nitrogen and oxygen atoms in total. The highest BCUT2D eigenvalue weighted by Gasteiger charge is 2.22. The molecule has 0 aromatic heterocycles. The highest BCUT2D eigenvalue weighted by atomic mass is 79.9. The van der Waals surface area contributed by atoms with Crippen molar-refractivity contribution in [1.82, 2.24) is 0 Å². The summed E-state index contributed by atoms with van der Waals surface area (Å²) in [4.78, 5) is 0. The Morgan fingerprint density at radius 1 is 1.20 bits per heavy atom. The molecule has 0 heterocycles. The lowest BCUT2D eigenvalue weighted by Gasteiger charge is -2.25. The number of hydrogen-bond acceptors (Lipinski definition) is 2. The molecule has 0 amide bonds. The van der Waals surface area contributed by atoms with Crippen molar-refractivity contribution in [2.75, 3.05) is 6.61 Å². The summed E-state index contributed by atoms with van der Waals surface area (Å²) in [5, 5.41) is 10.0. The van der Waals surface area contributed by atoms with Crippen LogP contribution in [0.2, 0.25) is 0 Å². The number of ether oxygens (including phenoxy) is 1. The Morgan fingerprint density at radius 2 is 1.73 bits per heavy atom. The Kier molecular flexibility index (Phi) is 4.61. The normalized spacial score (nSPS) is 11.5. The average molecular weight is 273 g/mol. The molecule has 0 spiro atoms. The van der Waals surface area contributed by atoms with Crippen LogP contribution in [0.1, 0.15) is 26.7 Å². The molecule has 0 aliphatic carbocycles. The van der Waals surface area contributed by atoms with E-state index in [1.165, 1.54) is 0 Å². The van der Waals surface area contributed by atoms with Gasteiger partial charge in [0.25, 0.3) is 0 Å². The van der Waals surface area contributed by atoms with E-state index in [0.29, 0.717) is 19.4 Å². The second-order valence-electron chi connectivity index (χ2n) is 3.67. The molecule has 0 saturated carbocycles. The third-order valence-electron chi connectivity index (χ3n) is 2.64. The molecule has 0 unspecified atom stereocenters. The topological polar surface area (TPSA) is 29.5 Å². The zero-order valence-electron chi connectivity index (χ0n) is 9.16. The van der Waals surface area contributed by atoms with E-state index in [2.05, 4.69) is 15.9 Å². The Bertz CT molecular complexity index is 291. The van der Waals surface area contributed by atoms with Crippen LogP contribution in [0.3, 0.4) is 0 Å². The van der Waals surface area contributed by atoms with Crippen LogP contribution in [0.5, 0.6) is 5.75 Å². The zero-order valence-corrected chi connectivity index (χ0v) is 10.8. The van der Waals surface area contributed by atoms with Crippen molar-refractivity contribution in [3.63, 3.8) is 0 Å². The first-order chi connectivity index (χ1) is 7.09. The van der Waals surface area contributed by atoms with Gasteiger partial charge in [-0.2, -0.15) is 0 Å². The van der Waals surface area contributed by atoms with Crippen molar-refractivity contribution >= 4 is 15.9 Å². The summed E-state index contributed by atoms with van der Waals surface area (Å²) in [7, 11) is 0. The molecule has 3 heteroatoms. The van der Waals surface area contributed by atoms with E-state index in [1.807, 2.05) is 38.1 Å². The van der Waals surface area contributed by atoms with E-state index in [0.717, 1.165) is 10.2 Å². The summed E-state index contributed by atoms with van der Waals surface area (Å²) >= 11 is 3.36. The van der Waals surface area contributed by atoms with Crippen LogP contribution < -0.4 is 4.74 Å². The van der Waals surface area contributed by atoms with Gasteiger partial charge in [-0.25, -0.2) is 0 Å². The Balaban J connectivity index is 2.53. The van der Waals surface area contributed by atoms with E-state index in [9.17, 15) is 5.11 Å². The van der Waals surface area contributed by atoms with Gasteiger partial charge in [-0.3, -0.25) is 0 Å². The van der Waals surface area contributed by atoms with E-state index in [-0.39, 0.29) is 0 Å². The average Bonchev–Trinajstić information content (AvgIpc) is 2.28. The van der Waals surface area contributed by atoms with Crippen molar-refractivity contribution in [3.05, 3.63) is 28.7 Å². The molecular formula is C12H17BrO2. The van der Waals surface area contributed by atoms with Crippen LogP contribution in [0, 0.1) is 0 Å². The first-order valence-corrected chi connectivity index (χ1v) is 5.99. The van der Waals surface area contributed by atoms with Crippen molar-refractivity contribution in [1.29, 1.82) is 0 Å². The standard InChI is InChI=1S/C12H17BrO2/c1-3-12(14,4-2)9-15-11-7-5-10(13)6-8-11/h5-8,14H,3-4,9H2,1-2H3. The van der Waals surface area contributed by atoms with Crippen LogP contribution in [-0.2, 0) is 0 Å². The molecular weight excluding hydrogens is 256 g/mol. The predicted octanol–water partition coefficient (Wildman–Crippen LogP) is 3.38. The number of halogens is 1. The highest BCUT2D eigenvalue weighted by Crippen LogP contribution is 2.20. The summed E-state index contributed by atoms with van der Waals surface area (Å²) in [5.41, 5.74) is -0.701. The molecule has 1 N–H and O–H groups in total. The molecule has 0 aliphatic rings. The maximum Gasteiger partial charge on any atom is 0.119 e. The molecule has 0 bridgehead atoms. The molecule has 0 aliphatic heterocycles. The molecule has 0 radical (unpaired) electrons. The number of rotatable bonds is 5. The van der Waals surface area contributed by atoms with Gasteiger partial charge in [-0.1, -0.05) is 29.8 Å². The molecule has 84 valence electrons. The summed E-state index contributed by atoms with van der Waals surface area (Å²) in [6, 6.07) is 7.62. The Hall–Kier alpha value is -0.540. The van der Waals surface area contributed by atoms with E-state index in [1.54, 1.807) is 0 Å². The number of aliphatic hydroxyl groups is 1. The third kappa shape index (κ3) is 3.84. The highest BCUT2D eigenvalue weighted by molar-refractivity contribution is 9.10. The number of benzene rings is 1. The lowest BCUT2D eigenvalue weighted by molar-refractivity contribution is -0.0113. The van der Waals surface area contributed by atoms with Gasteiger partial charge >= 0.3 is 0 Å². The largest absolute Gasteiger partial charge is 0.491 e. The molecule has 0 fully saturated rings. The maximum absolute atomic E-state index is 10.0. The second kappa shape index (κ2) is 5.52. The predicted molar refractivity (Wildman–Crippen MR) is 65.2 cm³/mol. The molecule has 0 atom stereocenters. The van der Waals surface area contributed by atoms with E-state index in [4.69, 9.17) is 4.74 Å². The van der Waals surface area contributed by atoms with Crippen LogP contribution in [0.15, 0.2) is 28.7 Å². The van der Waals surface area contributed by atoms with Gasteiger partial charge in [-0.05, 0) is 37.1 Å². The Morgan fingerprint density at radius 3 is 2.20 bits per heavy atom. The van der Waals surface area contributed by atoms with Crippen LogP contribution in [0.4, 0.5) is 0 Å². The van der Waals surface area contributed by atoms with Gasteiger partial charge in [-0.15, -0.1) is 0 Å². The second-order valence-corrected chi connectivity index (χ2v) is 4.59. The molecule has 15 heavy (non-hydrogen) atoms. The third-order valence-corrected chi connectivity index (χ3v) is 3.17. The molecule has 1 rings (SSSR count). The van der Waals surface area contributed by atoms with Gasteiger partial charge in [0.1, 0.15) is 12.4 Å².